The summed E-state index contributed by atoms with van der Waals surface area (Å²) in [6.07, 6.45) is 4.63. The Kier molecular flexibility index (Phi) is 8.11. The summed E-state index contributed by atoms with van der Waals surface area (Å²) in [6, 6.07) is 0. The van der Waals surface area contributed by atoms with Gasteiger partial charge < -0.3 is 9.47 Å². The topological polar surface area (TPSA) is 52.6 Å². The highest BCUT2D eigenvalue weighted by atomic mass is 16.5. The first kappa shape index (κ1) is 22.1. The number of carbonyl (C=O) groups excluding carboxylic acids is 2. The molecule has 4 nitrogen and oxygen atoms in total. The molecule has 0 radical (unpaired) electrons. The van der Waals surface area contributed by atoms with Gasteiger partial charge in [-0.25, -0.2) is 0 Å². The Labute approximate surface area is 154 Å². The number of hydrogen-bond acceptors (Lipinski definition) is 4. The Morgan fingerprint density at radius 1 is 1.00 bits per heavy atom. The summed E-state index contributed by atoms with van der Waals surface area (Å²) < 4.78 is 11.0. The molecule has 0 saturated heterocycles. The van der Waals surface area contributed by atoms with E-state index in [1.54, 1.807) is 0 Å². The maximum atomic E-state index is 12.7. The minimum atomic E-state index is -0.445. The Morgan fingerprint density at radius 2 is 1.60 bits per heavy atom. The first-order valence-corrected chi connectivity index (χ1v) is 9.86. The molecule has 0 aromatic carbocycles. The zero-order valence-corrected chi connectivity index (χ0v) is 17.3. The fourth-order valence-electron chi connectivity index (χ4n) is 3.96. The molecule has 1 saturated carbocycles. The van der Waals surface area contributed by atoms with Gasteiger partial charge in [-0.3, -0.25) is 9.59 Å². The van der Waals surface area contributed by atoms with Crippen LogP contribution in [0.3, 0.4) is 0 Å². The lowest BCUT2D eigenvalue weighted by atomic mass is 9.62. The van der Waals surface area contributed by atoms with Crippen LogP contribution in [0, 0.1) is 22.7 Å². The van der Waals surface area contributed by atoms with Crippen LogP contribution in [0.5, 0.6) is 0 Å². The molecule has 0 aromatic heterocycles. The van der Waals surface area contributed by atoms with Crippen molar-refractivity contribution in [3.63, 3.8) is 0 Å². The molecule has 1 aliphatic carbocycles. The van der Waals surface area contributed by atoms with E-state index in [9.17, 15) is 9.59 Å². The second-order valence-electron chi connectivity index (χ2n) is 8.81. The van der Waals surface area contributed by atoms with Gasteiger partial charge in [-0.2, -0.15) is 0 Å². The molecule has 146 valence electrons. The summed E-state index contributed by atoms with van der Waals surface area (Å²) in [7, 11) is 0. The Hall–Kier alpha value is -0.900. The van der Waals surface area contributed by atoms with E-state index in [4.69, 9.17) is 9.47 Å². The highest BCUT2D eigenvalue weighted by molar-refractivity contribution is 5.89. The lowest BCUT2D eigenvalue weighted by molar-refractivity contribution is -0.155. The van der Waals surface area contributed by atoms with Crippen molar-refractivity contribution in [2.45, 2.75) is 86.7 Å². The van der Waals surface area contributed by atoms with E-state index in [2.05, 4.69) is 13.8 Å². The van der Waals surface area contributed by atoms with Gasteiger partial charge in [-0.1, -0.05) is 34.6 Å². The number of carbonyl (C=O) groups is 2. The number of hydrogen-bond donors (Lipinski definition) is 0. The number of ketones is 1. The second-order valence-corrected chi connectivity index (χ2v) is 8.81. The SMILES string of the molecule is CC(C)OCCCCCOC(=O)[C@H]1CC[C@@](C)(C(=O)C(C)C)C1(C)C. The van der Waals surface area contributed by atoms with Crippen LogP contribution >= 0.6 is 0 Å². The second kappa shape index (κ2) is 9.16. The summed E-state index contributed by atoms with van der Waals surface area (Å²) >= 11 is 0. The first-order chi connectivity index (χ1) is 11.5. The zero-order chi connectivity index (χ0) is 19.3. The maximum absolute atomic E-state index is 12.7. The van der Waals surface area contributed by atoms with E-state index in [1.807, 2.05) is 34.6 Å². The van der Waals surface area contributed by atoms with E-state index < -0.39 is 5.41 Å². The van der Waals surface area contributed by atoms with Gasteiger partial charge in [0.1, 0.15) is 5.78 Å². The molecule has 0 heterocycles. The van der Waals surface area contributed by atoms with Crippen molar-refractivity contribution in [1.29, 1.82) is 0 Å². The lowest BCUT2D eigenvalue weighted by Crippen LogP contribution is -2.44. The van der Waals surface area contributed by atoms with Crippen LogP contribution in [-0.4, -0.2) is 31.1 Å². The third-order valence-electron chi connectivity index (χ3n) is 6.06. The molecular formula is C21H38O4. The van der Waals surface area contributed by atoms with E-state index in [0.29, 0.717) is 6.61 Å². The molecule has 1 rings (SSSR count). The molecule has 4 heteroatoms. The molecule has 0 amide bonds. The fourth-order valence-corrected chi connectivity index (χ4v) is 3.96. The van der Waals surface area contributed by atoms with Crippen LogP contribution in [0.2, 0.25) is 0 Å². The number of ether oxygens (including phenoxy) is 2. The third kappa shape index (κ3) is 5.29. The van der Waals surface area contributed by atoms with E-state index in [0.717, 1.165) is 38.7 Å². The molecule has 0 N–H and O–H groups in total. The van der Waals surface area contributed by atoms with Crippen molar-refractivity contribution in [2.24, 2.45) is 22.7 Å². The van der Waals surface area contributed by atoms with E-state index in [-0.39, 0.29) is 35.1 Å². The maximum Gasteiger partial charge on any atom is 0.309 e. The largest absolute Gasteiger partial charge is 0.465 e. The van der Waals surface area contributed by atoms with Gasteiger partial charge in [0.25, 0.3) is 0 Å². The minimum absolute atomic E-state index is 0.00731. The van der Waals surface area contributed by atoms with Crippen LogP contribution < -0.4 is 0 Å². The standard InChI is InChI=1S/C21H38O4/c1-15(2)18(22)21(7)12-11-17(20(21,5)6)19(23)25-14-10-8-9-13-24-16(3)4/h15-17H,8-14H2,1-7H3/t17-,21+/m1/s1. The Balaban J connectivity index is 2.45. The normalized spacial score (nSPS) is 25.6. The summed E-state index contributed by atoms with van der Waals surface area (Å²) in [5.41, 5.74) is -0.810. The molecule has 25 heavy (non-hydrogen) atoms. The lowest BCUT2D eigenvalue weighted by Gasteiger charge is -2.40. The van der Waals surface area contributed by atoms with Crippen molar-refractivity contribution in [3.05, 3.63) is 0 Å². The highest BCUT2D eigenvalue weighted by Crippen LogP contribution is 2.57. The van der Waals surface area contributed by atoms with Gasteiger partial charge in [0.15, 0.2) is 0 Å². The Morgan fingerprint density at radius 3 is 2.16 bits per heavy atom. The molecule has 0 unspecified atom stereocenters. The van der Waals surface area contributed by atoms with Crippen LogP contribution in [-0.2, 0) is 19.1 Å². The van der Waals surface area contributed by atoms with E-state index in [1.165, 1.54) is 0 Å². The average Bonchev–Trinajstić information content (AvgIpc) is 2.76. The smallest absolute Gasteiger partial charge is 0.309 e. The summed E-state index contributed by atoms with van der Waals surface area (Å²) in [6.45, 7) is 15.3. The number of rotatable bonds is 10. The molecule has 1 aliphatic rings. The first-order valence-electron chi connectivity index (χ1n) is 9.86. The summed E-state index contributed by atoms with van der Waals surface area (Å²) in [5, 5.41) is 0. The van der Waals surface area contributed by atoms with Gasteiger partial charge in [0, 0.05) is 17.9 Å². The van der Waals surface area contributed by atoms with Crippen LogP contribution in [0.1, 0.15) is 80.6 Å². The molecule has 1 fully saturated rings. The number of esters is 1. The van der Waals surface area contributed by atoms with Crippen molar-refractivity contribution in [3.8, 4) is 0 Å². The average molecular weight is 355 g/mol. The zero-order valence-electron chi connectivity index (χ0n) is 17.3. The van der Waals surface area contributed by atoms with Crippen molar-refractivity contribution in [1.82, 2.24) is 0 Å². The summed E-state index contributed by atoms with van der Waals surface area (Å²) in [5.74, 6) is -0.0711. The van der Waals surface area contributed by atoms with Crippen molar-refractivity contribution < 1.29 is 19.1 Å². The summed E-state index contributed by atoms with van der Waals surface area (Å²) in [4.78, 5) is 25.3. The predicted octanol–water partition coefficient (Wildman–Crippen LogP) is 4.79. The minimum Gasteiger partial charge on any atom is -0.465 e. The van der Waals surface area contributed by atoms with Crippen molar-refractivity contribution >= 4 is 11.8 Å². The third-order valence-corrected chi connectivity index (χ3v) is 6.06. The van der Waals surface area contributed by atoms with Gasteiger partial charge >= 0.3 is 5.97 Å². The highest BCUT2D eigenvalue weighted by Gasteiger charge is 2.58. The van der Waals surface area contributed by atoms with Crippen LogP contribution in [0.25, 0.3) is 0 Å². The molecule has 0 bridgehead atoms. The number of unbranched alkanes of at least 4 members (excludes halogenated alkanes) is 2. The molecule has 0 aliphatic heterocycles. The van der Waals surface area contributed by atoms with Crippen LogP contribution in [0.4, 0.5) is 0 Å². The van der Waals surface area contributed by atoms with Crippen LogP contribution in [0.15, 0.2) is 0 Å². The molecule has 2 atom stereocenters. The predicted molar refractivity (Wildman–Crippen MR) is 100 cm³/mol. The van der Waals surface area contributed by atoms with Gasteiger partial charge in [-0.05, 0) is 51.4 Å². The fraction of sp³-hybridized carbons (Fsp3) is 0.905. The number of Topliss-reactive ketones (excluding diaryl/α,β-unsaturated/α-hetero) is 1. The van der Waals surface area contributed by atoms with Gasteiger partial charge in [0.05, 0.1) is 18.6 Å². The monoisotopic (exact) mass is 354 g/mol. The Bertz CT molecular complexity index is 453. The van der Waals surface area contributed by atoms with Gasteiger partial charge in [-0.15, -0.1) is 0 Å². The van der Waals surface area contributed by atoms with E-state index >= 15 is 0 Å². The molecule has 0 spiro atoms. The quantitative estimate of drug-likeness (QED) is 0.418. The van der Waals surface area contributed by atoms with Crippen molar-refractivity contribution in [2.75, 3.05) is 13.2 Å². The molecular weight excluding hydrogens is 316 g/mol. The van der Waals surface area contributed by atoms with Gasteiger partial charge in [0.2, 0.25) is 0 Å². The molecule has 0 aromatic rings.